The lowest BCUT2D eigenvalue weighted by molar-refractivity contribution is -0.129. The molecule has 0 aromatic carbocycles. The number of carbonyl (C=O) groups is 1. The SMILES string of the molecule is CC(=O)N1CCN(c2nnc(-c3cnc(-c4ccc5cc(C#N)cnn45)cc3NC(C)C)s2)CC1. The second-order valence-corrected chi connectivity index (χ2v) is 9.66. The van der Waals surface area contributed by atoms with Gasteiger partial charge >= 0.3 is 0 Å². The number of fused-ring (bicyclic) bond motifs is 1. The van der Waals surface area contributed by atoms with Crippen molar-refractivity contribution in [3.63, 3.8) is 0 Å². The summed E-state index contributed by atoms with van der Waals surface area (Å²) in [5.41, 5.74) is 4.75. The molecule has 1 aliphatic heterocycles. The lowest BCUT2D eigenvalue weighted by Crippen LogP contribution is -2.48. The van der Waals surface area contributed by atoms with Gasteiger partial charge < -0.3 is 15.1 Å². The average Bonchev–Trinajstić information content (AvgIpc) is 3.51. The van der Waals surface area contributed by atoms with E-state index in [0.717, 1.165) is 51.4 Å². The summed E-state index contributed by atoms with van der Waals surface area (Å²) < 4.78 is 1.78. The summed E-state index contributed by atoms with van der Waals surface area (Å²) in [5, 5.41) is 27.6. The van der Waals surface area contributed by atoms with Gasteiger partial charge in [0, 0.05) is 51.0 Å². The third-order valence-electron chi connectivity index (χ3n) is 5.88. The first kappa shape index (κ1) is 22.7. The van der Waals surface area contributed by atoms with Crippen molar-refractivity contribution in [1.29, 1.82) is 5.26 Å². The second-order valence-electron chi connectivity index (χ2n) is 8.71. The molecule has 4 aromatic rings. The largest absolute Gasteiger partial charge is 0.382 e. The first-order valence-electron chi connectivity index (χ1n) is 11.4. The van der Waals surface area contributed by atoms with E-state index in [2.05, 4.69) is 45.4 Å². The summed E-state index contributed by atoms with van der Waals surface area (Å²) in [6.07, 6.45) is 3.37. The minimum Gasteiger partial charge on any atom is -0.382 e. The van der Waals surface area contributed by atoms with Gasteiger partial charge in [-0.25, -0.2) is 4.52 Å². The summed E-state index contributed by atoms with van der Waals surface area (Å²) in [4.78, 5) is 20.4. The Hall–Kier alpha value is -4.04. The highest BCUT2D eigenvalue weighted by molar-refractivity contribution is 7.18. The van der Waals surface area contributed by atoms with Crippen molar-refractivity contribution in [2.45, 2.75) is 26.8 Å². The highest BCUT2D eigenvalue weighted by Gasteiger charge is 2.23. The maximum atomic E-state index is 11.6. The zero-order chi connectivity index (χ0) is 24.5. The molecule has 0 saturated carbocycles. The average molecular weight is 488 g/mol. The number of nitrogens with zero attached hydrogens (tertiary/aromatic N) is 8. The molecule has 0 spiro atoms. The van der Waals surface area contributed by atoms with Gasteiger partial charge in [-0.2, -0.15) is 10.4 Å². The van der Waals surface area contributed by atoms with E-state index in [1.807, 2.05) is 29.3 Å². The fourth-order valence-corrected chi connectivity index (χ4v) is 5.04. The number of piperazine rings is 1. The minimum atomic E-state index is 0.106. The molecule has 0 aliphatic carbocycles. The monoisotopic (exact) mass is 487 g/mol. The minimum absolute atomic E-state index is 0.106. The van der Waals surface area contributed by atoms with Gasteiger partial charge in [-0.15, -0.1) is 10.2 Å². The van der Waals surface area contributed by atoms with Crippen molar-refractivity contribution in [3.8, 4) is 28.0 Å². The second kappa shape index (κ2) is 9.31. The molecule has 5 heterocycles. The van der Waals surface area contributed by atoms with Crippen LogP contribution in [-0.2, 0) is 4.79 Å². The van der Waals surface area contributed by atoms with Crippen LogP contribution in [-0.4, -0.2) is 67.8 Å². The van der Waals surface area contributed by atoms with E-state index in [4.69, 9.17) is 10.2 Å². The van der Waals surface area contributed by atoms with E-state index < -0.39 is 0 Å². The number of nitrogens with one attached hydrogen (secondary N) is 1. The first-order chi connectivity index (χ1) is 16.9. The maximum Gasteiger partial charge on any atom is 0.219 e. The normalized spacial score (nSPS) is 13.9. The number of rotatable bonds is 5. The molecule has 5 rings (SSSR count). The van der Waals surface area contributed by atoms with Gasteiger partial charge in [0.25, 0.3) is 0 Å². The lowest BCUT2D eigenvalue weighted by atomic mass is 10.1. The van der Waals surface area contributed by atoms with Crippen LogP contribution in [0.25, 0.3) is 27.5 Å². The van der Waals surface area contributed by atoms with Gasteiger partial charge in [-0.1, -0.05) is 11.3 Å². The number of pyridine rings is 1. The van der Waals surface area contributed by atoms with Crippen LogP contribution in [0, 0.1) is 11.3 Å². The molecule has 0 atom stereocenters. The third-order valence-corrected chi connectivity index (χ3v) is 6.90. The standard InChI is InChI=1S/C24H25N9OS/c1-15(2)28-20-11-21(22-5-4-18-10-17(12-25)13-27-33(18)22)26-14-19(20)23-29-30-24(35-23)32-8-6-31(7-9-32)16(3)34/h4-5,10-11,13-15H,6-9H2,1-3H3,(H,26,28). The van der Waals surface area contributed by atoms with Gasteiger partial charge in [-0.05, 0) is 38.1 Å². The Balaban J connectivity index is 1.46. The molecule has 1 N–H and O–H groups in total. The summed E-state index contributed by atoms with van der Waals surface area (Å²) in [6, 6.07) is 10.0. The number of nitriles is 1. The number of amides is 1. The zero-order valence-electron chi connectivity index (χ0n) is 19.8. The molecule has 1 fully saturated rings. The molecule has 10 nitrogen and oxygen atoms in total. The highest BCUT2D eigenvalue weighted by atomic mass is 32.1. The number of carbonyl (C=O) groups excluding carboxylic acids is 1. The van der Waals surface area contributed by atoms with Crippen LogP contribution >= 0.6 is 11.3 Å². The van der Waals surface area contributed by atoms with E-state index in [9.17, 15) is 4.79 Å². The quantitative estimate of drug-likeness (QED) is 0.456. The fourth-order valence-electron chi connectivity index (χ4n) is 4.12. The van der Waals surface area contributed by atoms with Crippen molar-refractivity contribution in [2.75, 3.05) is 36.4 Å². The summed E-state index contributed by atoms with van der Waals surface area (Å²) in [6.45, 7) is 8.64. The van der Waals surface area contributed by atoms with Gasteiger partial charge in [0.1, 0.15) is 6.07 Å². The Labute approximate surface area is 206 Å². The van der Waals surface area contributed by atoms with E-state index in [1.54, 1.807) is 23.7 Å². The van der Waals surface area contributed by atoms with Crippen molar-refractivity contribution >= 4 is 33.6 Å². The summed E-state index contributed by atoms with van der Waals surface area (Å²) in [5.74, 6) is 0.106. The van der Waals surface area contributed by atoms with Crippen LogP contribution in [0.5, 0.6) is 0 Å². The molecule has 0 unspecified atom stereocenters. The highest BCUT2D eigenvalue weighted by Crippen LogP contribution is 2.36. The third kappa shape index (κ3) is 4.52. The Bertz CT molecular complexity index is 1430. The van der Waals surface area contributed by atoms with E-state index >= 15 is 0 Å². The van der Waals surface area contributed by atoms with Crippen molar-refractivity contribution in [1.82, 2.24) is 29.7 Å². The molecule has 0 bridgehead atoms. The van der Waals surface area contributed by atoms with Crippen LogP contribution in [0.4, 0.5) is 10.8 Å². The molecule has 1 aliphatic rings. The number of hydrogen-bond acceptors (Lipinski definition) is 9. The number of anilines is 2. The molecule has 11 heteroatoms. The Kier molecular flexibility index (Phi) is 6.05. The van der Waals surface area contributed by atoms with E-state index in [0.29, 0.717) is 18.7 Å². The Morgan fingerprint density at radius 2 is 1.94 bits per heavy atom. The maximum absolute atomic E-state index is 11.6. The smallest absolute Gasteiger partial charge is 0.219 e. The van der Waals surface area contributed by atoms with Crippen LogP contribution in [0.1, 0.15) is 26.3 Å². The molecule has 1 saturated heterocycles. The van der Waals surface area contributed by atoms with Crippen LogP contribution in [0.15, 0.2) is 36.7 Å². The molecular weight excluding hydrogens is 462 g/mol. The zero-order valence-corrected chi connectivity index (χ0v) is 20.6. The lowest BCUT2D eigenvalue weighted by Gasteiger charge is -2.33. The molecule has 178 valence electrons. The Morgan fingerprint density at radius 3 is 2.66 bits per heavy atom. The summed E-state index contributed by atoms with van der Waals surface area (Å²) >= 11 is 1.53. The van der Waals surface area contributed by atoms with Crippen molar-refractivity contribution in [3.05, 3.63) is 42.2 Å². The van der Waals surface area contributed by atoms with Crippen LogP contribution in [0.3, 0.4) is 0 Å². The molecule has 1 amide bonds. The molecule has 35 heavy (non-hydrogen) atoms. The van der Waals surface area contributed by atoms with E-state index in [1.165, 1.54) is 11.3 Å². The predicted octanol–water partition coefficient (Wildman–Crippen LogP) is 3.28. The predicted molar refractivity (Wildman–Crippen MR) is 135 cm³/mol. The van der Waals surface area contributed by atoms with Gasteiger partial charge in [-0.3, -0.25) is 9.78 Å². The van der Waals surface area contributed by atoms with Crippen LogP contribution < -0.4 is 10.2 Å². The van der Waals surface area contributed by atoms with Gasteiger partial charge in [0.15, 0.2) is 5.01 Å². The molecular formula is C24H25N9OS. The molecule has 0 radical (unpaired) electrons. The number of aromatic nitrogens is 5. The van der Waals surface area contributed by atoms with Gasteiger partial charge in [0.05, 0.1) is 34.2 Å². The first-order valence-corrected chi connectivity index (χ1v) is 12.2. The molecule has 4 aromatic heterocycles. The number of hydrogen-bond donors (Lipinski definition) is 1. The summed E-state index contributed by atoms with van der Waals surface area (Å²) in [7, 11) is 0. The van der Waals surface area contributed by atoms with Crippen molar-refractivity contribution < 1.29 is 4.79 Å². The van der Waals surface area contributed by atoms with Crippen molar-refractivity contribution in [2.24, 2.45) is 0 Å². The Morgan fingerprint density at radius 1 is 1.14 bits per heavy atom. The van der Waals surface area contributed by atoms with Gasteiger partial charge in [0.2, 0.25) is 11.0 Å². The van der Waals surface area contributed by atoms with Crippen LogP contribution in [0.2, 0.25) is 0 Å². The van der Waals surface area contributed by atoms with E-state index in [-0.39, 0.29) is 11.9 Å². The fraction of sp³-hybridized carbons (Fsp3) is 0.333. The topological polar surface area (TPSA) is 115 Å².